The molecular formula is C28H23NO5. The summed E-state index contributed by atoms with van der Waals surface area (Å²) < 4.78 is 0. The summed E-state index contributed by atoms with van der Waals surface area (Å²) in [7, 11) is 0. The van der Waals surface area contributed by atoms with Crippen molar-refractivity contribution in [1.29, 1.82) is 0 Å². The third kappa shape index (κ3) is 2.26. The van der Waals surface area contributed by atoms with Gasteiger partial charge in [0.05, 0.1) is 5.57 Å². The van der Waals surface area contributed by atoms with E-state index in [1.54, 1.807) is 41.3 Å². The number of benzene rings is 2. The lowest BCUT2D eigenvalue weighted by molar-refractivity contribution is -0.120. The van der Waals surface area contributed by atoms with Gasteiger partial charge < -0.3 is 15.1 Å². The van der Waals surface area contributed by atoms with Gasteiger partial charge in [-0.1, -0.05) is 56.3 Å². The van der Waals surface area contributed by atoms with E-state index in [1.807, 2.05) is 32.0 Å². The minimum absolute atomic E-state index is 0.108. The van der Waals surface area contributed by atoms with Crippen LogP contribution in [0.4, 0.5) is 5.69 Å². The number of aliphatic hydroxyl groups excluding tert-OH is 1. The van der Waals surface area contributed by atoms with Gasteiger partial charge in [0.15, 0.2) is 23.1 Å². The van der Waals surface area contributed by atoms with E-state index in [0.29, 0.717) is 17.8 Å². The number of hydrogen-bond acceptors (Lipinski definition) is 6. The van der Waals surface area contributed by atoms with Crippen LogP contribution in [-0.4, -0.2) is 33.3 Å². The molecule has 6 heteroatoms. The molecule has 0 saturated carbocycles. The van der Waals surface area contributed by atoms with Crippen molar-refractivity contribution >= 4 is 28.8 Å². The maximum Gasteiger partial charge on any atom is 0.186 e. The van der Waals surface area contributed by atoms with Crippen LogP contribution < -0.4 is 4.90 Å². The fraction of sp³-hybridized carbons (Fsp3) is 0.250. The first kappa shape index (κ1) is 20.8. The van der Waals surface area contributed by atoms with Crippen molar-refractivity contribution in [1.82, 2.24) is 0 Å². The number of fused-ring (bicyclic) bond motifs is 1. The van der Waals surface area contributed by atoms with Crippen LogP contribution in [0.5, 0.6) is 0 Å². The summed E-state index contributed by atoms with van der Waals surface area (Å²) in [6, 6.07) is 15.5. The van der Waals surface area contributed by atoms with Crippen molar-refractivity contribution in [2.24, 2.45) is 10.8 Å². The molecule has 3 aliphatic carbocycles. The molecule has 34 heavy (non-hydrogen) atoms. The molecule has 2 aromatic carbocycles. The quantitative estimate of drug-likeness (QED) is 0.674. The van der Waals surface area contributed by atoms with E-state index in [2.05, 4.69) is 0 Å². The van der Waals surface area contributed by atoms with E-state index < -0.39 is 28.1 Å². The van der Waals surface area contributed by atoms with E-state index >= 15 is 0 Å². The van der Waals surface area contributed by atoms with Gasteiger partial charge in [-0.2, -0.15) is 0 Å². The van der Waals surface area contributed by atoms with Crippen molar-refractivity contribution in [3.63, 3.8) is 0 Å². The molecule has 170 valence electrons. The lowest BCUT2D eigenvalue weighted by atomic mass is 9.55. The highest BCUT2D eigenvalue weighted by molar-refractivity contribution is 6.28. The molecule has 0 fully saturated rings. The van der Waals surface area contributed by atoms with Gasteiger partial charge in [0.25, 0.3) is 0 Å². The summed E-state index contributed by atoms with van der Waals surface area (Å²) in [4.78, 5) is 43.1. The Labute approximate surface area is 196 Å². The van der Waals surface area contributed by atoms with E-state index in [-0.39, 0.29) is 40.2 Å². The number of allylic oxidation sites excluding steroid dienone is 2. The maximum absolute atomic E-state index is 14.4. The normalized spacial score (nSPS) is 29.1. The third-order valence-electron chi connectivity index (χ3n) is 7.50. The lowest BCUT2D eigenvalue weighted by Gasteiger charge is -2.49. The molecule has 4 aliphatic rings. The van der Waals surface area contributed by atoms with Crippen LogP contribution in [0.3, 0.4) is 0 Å². The Balaban J connectivity index is 1.79. The van der Waals surface area contributed by atoms with Crippen LogP contribution in [0.25, 0.3) is 5.76 Å². The summed E-state index contributed by atoms with van der Waals surface area (Å²) in [5, 5.41) is 23.8. The topological polar surface area (TPSA) is 94.9 Å². The molecule has 1 spiro atoms. The zero-order chi connectivity index (χ0) is 24.0. The number of carbonyl (C=O) groups is 3. The molecule has 0 bridgehead atoms. The minimum Gasteiger partial charge on any atom is -0.507 e. The van der Waals surface area contributed by atoms with Crippen LogP contribution in [0, 0.1) is 10.8 Å². The number of rotatable bonds is 1. The van der Waals surface area contributed by atoms with Crippen LogP contribution in [0.2, 0.25) is 0 Å². The number of Topliss-reactive ketones (excluding diaryl/α,β-unsaturated/α-hetero) is 2. The fourth-order valence-corrected chi connectivity index (χ4v) is 6.27. The standard InChI is InChI=1S/C28H23NO5/c1-26(2)14-19-22(21(31)15-26)28-23(24(32)17-10-6-7-11-18(17)25(28)33)20(30)12-13-27(28,34)29(19)16-8-4-3-5-9-16/h3-13,32,34H,14-15H2,1-2H3. The van der Waals surface area contributed by atoms with Gasteiger partial charge in [0, 0.05) is 34.5 Å². The van der Waals surface area contributed by atoms with Crippen molar-refractivity contribution < 1.29 is 24.6 Å². The Morgan fingerprint density at radius 1 is 0.853 bits per heavy atom. The predicted molar refractivity (Wildman–Crippen MR) is 126 cm³/mol. The smallest absolute Gasteiger partial charge is 0.186 e. The van der Waals surface area contributed by atoms with Gasteiger partial charge in [-0.25, -0.2) is 0 Å². The van der Waals surface area contributed by atoms with Gasteiger partial charge in [-0.3, -0.25) is 14.4 Å². The summed E-state index contributed by atoms with van der Waals surface area (Å²) in [6.45, 7) is 3.93. The molecule has 0 aromatic heterocycles. The van der Waals surface area contributed by atoms with Gasteiger partial charge in [0.2, 0.25) is 0 Å². The second-order valence-electron chi connectivity index (χ2n) is 10.2. The number of para-hydroxylation sites is 1. The van der Waals surface area contributed by atoms with Gasteiger partial charge in [-0.05, 0) is 36.1 Å². The molecular weight excluding hydrogens is 430 g/mol. The van der Waals surface area contributed by atoms with Crippen LogP contribution >= 0.6 is 0 Å². The first-order chi connectivity index (χ1) is 16.1. The fourth-order valence-electron chi connectivity index (χ4n) is 6.27. The SMILES string of the molecule is CC1(C)CC(=O)C2=C(C1)N(c1ccccc1)C1(O)C=CC(=O)C3=C(O)c4ccccc4C(=O)C321. The highest BCUT2D eigenvalue weighted by atomic mass is 16.3. The van der Waals surface area contributed by atoms with Crippen molar-refractivity contribution in [3.05, 3.63) is 94.7 Å². The van der Waals surface area contributed by atoms with Crippen molar-refractivity contribution in [2.45, 2.75) is 32.4 Å². The van der Waals surface area contributed by atoms with E-state index in [4.69, 9.17) is 0 Å². The molecule has 6 nitrogen and oxygen atoms in total. The summed E-state index contributed by atoms with van der Waals surface area (Å²) in [5.74, 6) is -1.83. The molecule has 2 aromatic rings. The number of anilines is 1. The Morgan fingerprint density at radius 2 is 1.50 bits per heavy atom. The van der Waals surface area contributed by atoms with E-state index in [0.717, 1.165) is 0 Å². The Bertz CT molecular complexity index is 1410. The highest BCUT2D eigenvalue weighted by Crippen LogP contribution is 2.65. The van der Waals surface area contributed by atoms with E-state index in [1.165, 1.54) is 12.2 Å². The third-order valence-corrected chi connectivity index (χ3v) is 7.50. The summed E-state index contributed by atoms with van der Waals surface area (Å²) in [6.07, 6.45) is 3.07. The molecule has 0 amide bonds. The average Bonchev–Trinajstić information content (AvgIpc) is 3.02. The van der Waals surface area contributed by atoms with Crippen LogP contribution in [0.15, 0.2) is 83.6 Å². The maximum atomic E-state index is 14.4. The molecule has 0 radical (unpaired) electrons. The molecule has 2 unspecified atom stereocenters. The lowest BCUT2D eigenvalue weighted by Crippen LogP contribution is -2.63. The second kappa shape index (κ2) is 6.42. The predicted octanol–water partition coefficient (Wildman–Crippen LogP) is 4.13. The Morgan fingerprint density at radius 3 is 2.21 bits per heavy atom. The number of hydrogen-bond donors (Lipinski definition) is 2. The summed E-state index contributed by atoms with van der Waals surface area (Å²) >= 11 is 0. The van der Waals surface area contributed by atoms with Crippen LogP contribution in [-0.2, 0) is 9.59 Å². The van der Waals surface area contributed by atoms with Crippen molar-refractivity contribution in [3.8, 4) is 0 Å². The van der Waals surface area contributed by atoms with Gasteiger partial charge >= 0.3 is 0 Å². The monoisotopic (exact) mass is 453 g/mol. The van der Waals surface area contributed by atoms with E-state index in [9.17, 15) is 24.6 Å². The van der Waals surface area contributed by atoms with Gasteiger partial charge in [-0.15, -0.1) is 0 Å². The van der Waals surface area contributed by atoms with Crippen molar-refractivity contribution in [2.75, 3.05) is 4.90 Å². The first-order valence-corrected chi connectivity index (χ1v) is 11.3. The molecule has 2 atom stereocenters. The average molecular weight is 453 g/mol. The first-order valence-electron chi connectivity index (χ1n) is 11.3. The largest absolute Gasteiger partial charge is 0.507 e. The second-order valence-corrected chi connectivity index (χ2v) is 10.2. The molecule has 0 saturated heterocycles. The number of carbonyl (C=O) groups excluding carboxylic acids is 3. The molecule has 2 N–H and O–H groups in total. The highest BCUT2D eigenvalue weighted by Gasteiger charge is 2.74. The number of aliphatic hydroxyl groups is 2. The molecule has 1 heterocycles. The Kier molecular flexibility index (Phi) is 3.93. The zero-order valence-corrected chi connectivity index (χ0v) is 18.8. The number of nitrogens with zero attached hydrogens (tertiary/aromatic N) is 1. The Hall–Kier alpha value is -3.77. The van der Waals surface area contributed by atoms with Crippen LogP contribution in [0.1, 0.15) is 42.6 Å². The zero-order valence-electron chi connectivity index (χ0n) is 18.8. The summed E-state index contributed by atoms with van der Waals surface area (Å²) in [5.41, 5.74) is -3.20. The minimum atomic E-state index is -2.09. The molecule has 1 aliphatic heterocycles. The van der Waals surface area contributed by atoms with Gasteiger partial charge in [0.1, 0.15) is 11.2 Å². The molecule has 6 rings (SSSR count). The number of ketones is 3.